The molecule has 0 aliphatic heterocycles. The quantitative estimate of drug-likeness (QED) is 0.864. The van der Waals surface area contributed by atoms with Gasteiger partial charge in [-0.15, -0.1) is 0 Å². The number of aryl methyl sites for hydroxylation is 3. The summed E-state index contributed by atoms with van der Waals surface area (Å²) in [5.74, 6) is 0. The summed E-state index contributed by atoms with van der Waals surface area (Å²) in [6.45, 7) is 5.12. The lowest BCUT2D eigenvalue weighted by Gasteiger charge is -2.10. The molecule has 0 aliphatic rings. The Balaban J connectivity index is 1.81. The van der Waals surface area contributed by atoms with Crippen molar-refractivity contribution in [3.63, 3.8) is 0 Å². The number of nitrogens with zero attached hydrogens (tertiary/aromatic N) is 2. The van der Waals surface area contributed by atoms with Crippen molar-refractivity contribution in [2.45, 2.75) is 45.7 Å². The maximum atomic E-state index is 6.20. The van der Waals surface area contributed by atoms with E-state index in [-0.39, 0.29) is 6.04 Å². The monoisotopic (exact) mass is 257 g/mol. The molecule has 0 aliphatic carbocycles. The number of nitrogens with two attached hydrogens (primary N) is 1. The molecular formula is C16H23N3. The maximum absolute atomic E-state index is 6.20. The summed E-state index contributed by atoms with van der Waals surface area (Å²) >= 11 is 0. The van der Waals surface area contributed by atoms with Crippen molar-refractivity contribution in [3.8, 4) is 0 Å². The second-order valence-electron chi connectivity index (χ2n) is 5.19. The molecule has 0 saturated heterocycles. The Bertz CT molecular complexity index is 499. The molecule has 0 bridgehead atoms. The van der Waals surface area contributed by atoms with E-state index in [0.29, 0.717) is 0 Å². The third-order valence-electron chi connectivity index (χ3n) is 3.43. The van der Waals surface area contributed by atoms with Gasteiger partial charge in [-0.1, -0.05) is 29.8 Å². The number of benzene rings is 1. The molecule has 19 heavy (non-hydrogen) atoms. The summed E-state index contributed by atoms with van der Waals surface area (Å²) < 4.78 is 1.95. The van der Waals surface area contributed by atoms with Gasteiger partial charge in [0.2, 0.25) is 0 Å². The van der Waals surface area contributed by atoms with E-state index in [1.807, 2.05) is 10.9 Å². The average Bonchev–Trinajstić information content (AvgIpc) is 2.86. The fourth-order valence-corrected chi connectivity index (χ4v) is 2.20. The van der Waals surface area contributed by atoms with Crippen LogP contribution in [-0.4, -0.2) is 15.8 Å². The molecule has 0 saturated carbocycles. The van der Waals surface area contributed by atoms with Crippen LogP contribution in [0, 0.1) is 6.92 Å². The van der Waals surface area contributed by atoms with Crippen molar-refractivity contribution in [1.82, 2.24) is 9.78 Å². The number of hydrogen-bond donors (Lipinski definition) is 1. The van der Waals surface area contributed by atoms with E-state index < -0.39 is 0 Å². The molecule has 1 unspecified atom stereocenters. The van der Waals surface area contributed by atoms with Gasteiger partial charge in [-0.2, -0.15) is 5.10 Å². The topological polar surface area (TPSA) is 43.8 Å². The minimum Gasteiger partial charge on any atom is -0.327 e. The SMILES string of the molecule is CCn1cc(CC(N)CCc2ccc(C)cc2)cn1. The summed E-state index contributed by atoms with van der Waals surface area (Å²) in [7, 11) is 0. The van der Waals surface area contributed by atoms with Gasteiger partial charge in [0.25, 0.3) is 0 Å². The van der Waals surface area contributed by atoms with E-state index in [1.54, 1.807) is 0 Å². The summed E-state index contributed by atoms with van der Waals surface area (Å²) in [4.78, 5) is 0. The highest BCUT2D eigenvalue weighted by Gasteiger charge is 2.06. The van der Waals surface area contributed by atoms with Gasteiger partial charge >= 0.3 is 0 Å². The summed E-state index contributed by atoms with van der Waals surface area (Å²) in [6.07, 6.45) is 6.98. The van der Waals surface area contributed by atoms with Gasteiger partial charge in [0.15, 0.2) is 0 Å². The Morgan fingerprint density at radius 2 is 1.95 bits per heavy atom. The van der Waals surface area contributed by atoms with E-state index in [0.717, 1.165) is 25.8 Å². The zero-order valence-electron chi connectivity index (χ0n) is 11.8. The van der Waals surface area contributed by atoms with Crippen molar-refractivity contribution >= 4 is 0 Å². The van der Waals surface area contributed by atoms with E-state index in [4.69, 9.17) is 5.73 Å². The van der Waals surface area contributed by atoms with Crippen LogP contribution in [0.2, 0.25) is 0 Å². The predicted octanol–water partition coefficient (Wildman–Crippen LogP) is 2.71. The molecule has 2 rings (SSSR count). The molecule has 1 aromatic carbocycles. The third kappa shape index (κ3) is 4.21. The van der Waals surface area contributed by atoms with Crippen LogP contribution in [0.3, 0.4) is 0 Å². The van der Waals surface area contributed by atoms with Crippen LogP contribution < -0.4 is 5.73 Å². The molecule has 1 aromatic heterocycles. The normalized spacial score (nSPS) is 12.6. The smallest absolute Gasteiger partial charge is 0.0522 e. The largest absolute Gasteiger partial charge is 0.327 e. The summed E-state index contributed by atoms with van der Waals surface area (Å²) in [6, 6.07) is 8.91. The van der Waals surface area contributed by atoms with Gasteiger partial charge in [-0.3, -0.25) is 4.68 Å². The van der Waals surface area contributed by atoms with E-state index in [2.05, 4.69) is 49.4 Å². The Labute approximate surface area is 115 Å². The maximum Gasteiger partial charge on any atom is 0.0522 e. The molecule has 0 radical (unpaired) electrons. The molecule has 3 nitrogen and oxygen atoms in total. The van der Waals surface area contributed by atoms with Gasteiger partial charge in [0, 0.05) is 18.8 Å². The fourth-order valence-electron chi connectivity index (χ4n) is 2.20. The molecule has 1 atom stereocenters. The van der Waals surface area contributed by atoms with Crippen molar-refractivity contribution in [3.05, 3.63) is 53.3 Å². The second-order valence-corrected chi connectivity index (χ2v) is 5.19. The number of rotatable bonds is 6. The van der Waals surface area contributed by atoms with E-state index in [1.165, 1.54) is 16.7 Å². The van der Waals surface area contributed by atoms with Gasteiger partial charge in [-0.05, 0) is 44.2 Å². The van der Waals surface area contributed by atoms with Crippen LogP contribution in [0.4, 0.5) is 0 Å². The molecule has 0 spiro atoms. The lowest BCUT2D eigenvalue weighted by Crippen LogP contribution is -2.23. The summed E-state index contributed by atoms with van der Waals surface area (Å²) in [5, 5.41) is 4.28. The Morgan fingerprint density at radius 1 is 1.21 bits per heavy atom. The fraction of sp³-hybridized carbons (Fsp3) is 0.438. The standard InChI is InChI=1S/C16H23N3/c1-3-19-12-15(11-18-19)10-16(17)9-8-14-6-4-13(2)5-7-14/h4-7,11-12,16H,3,8-10,17H2,1-2H3. The first-order valence-corrected chi connectivity index (χ1v) is 7.00. The Morgan fingerprint density at radius 3 is 2.58 bits per heavy atom. The zero-order valence-corrected chi connectivity index (χ0v) is 11.8. The van der Waals surface area contributed by atoms with Gasteiger partial charge < -0.3 is 5.73 Å². The van der Waals surface area contributed by atoms with Crippen molar-refractivity contribution in [2.24, 2.45) is 5.73 Å². The molecule has 0 fully saturated rings. The molecule has 2 aromatic rings. The third-order valence-corrected chi connectivity index (χ3v) is 3.43. The lowest BCUT2D eigenvalue weighted by molar-refractivity contribution is 0.608. The van der Waals surface area contributed by atoms with E-state index in [9.17, 15) is 0 Å². The molecule has 3 heteroatoms. The molecule has 0 amide bonds. The van der Waals surface area contributed by atoms with E-state index >= 15 is 0 Å². The van der Waals surface area contributed by atoms with Crippen LogP contribution in [0.25, 0.3) is 0 Å². The minimum absolute atomic E-state index is 0.204. The van der Waals surface area contributed by atoms with Crippen molar-refractivity contribution in [2.75, 3.05) is 0 Å². The lowest BCUT2D eigenvalue weighted by atomic mass is 10.0. The van der Waals surface area contributed by atoms with Crippen LogP contribution in [0.15, 0.2) is 36.7 Å². The summed E-state index contributed by atoms with van der Waals surface area (Å²) in [5.41, 5.74) is 10.1. The molecule has 1 heterocycles. The highest BCUT2D eigenvalue weighted by molar-refractivity contribution is 5.21. The van der Waals surface area contributed by atoms with Crippen LogP contribution in [-0.2, 0) is 19.4 Å². The van der Waals surface area contributed by atoms with Crippen LogP contribution in [0.1, 0.15) is 30.0 Å². The molecule has 2 N–H and O–H groups in total. The Kier molecular flexibility index (Phi) is 4.74. The first-order valence-electron chi connectivity index (χ1n) is 7.00. The zero-order chi connectivity index (χ0) is 13.7. The van der Waals surface area contributed by atoms with Crippen molar-refractivity contribution < 1.29 is 0 Å². The number of hydrogen-bond acceptors (Lipinski definition) is 2. The van der Waals surface area contributed by atoms with Gasteiger partial charge in [0.05, 0.1) is 6.20 Å². The minimum atomic E-state index is 0.204. The first-order chi connectivity index (χ1) is 9.17. The second kappa shape index (κ2) is 6.53. The average molecular weight is 257 g/mol. The van der Waals surface area contributed by atoms with Crippen LogP contribution in [0.5, 0.6) is 0 Å². The first kappa shape index (κ1) is 13.8. The molecule has 102 valence electrons. The Hall–Kier alpha value is -1.61. The number of aromatic nitrogens is 2. The van der Waals surface area contributed by atoms with Crippen LogP contribution >= 0.6 is 0 Å². The van der Waals surface area contributed by atoms with Crippen molar-refractivity contribution in [1.29, 1.82) is 0 Å². The highest BCUT2D eigenvalue weighted by Crippen LogP contribution is 2.09. The molecular weight excluding hydrogens is 234 g/mol. The predicted molar refractivity (Wildman–Crippen MR) is 79.1 cm³/mol. The van der Waals surface area contributed by atoms with Gasteiger partial charge in [-0.25, -0.2) is 0 Å². The highest BCUT2D eigenvalue weighted by atomic mass is 15.3. The van der Waals surface area contributed by atoms with Gasteiger partial charge in [0.1, 0.15) is 0 Å².